The van der Waals surface area contributed by atoms with Gasteiger partial charge in [0.1, 0.15) is 0 Å². The van der Waals surface area contributed by atoms with Crippen LogP contribution < -0.4 is 5.32 Å². The van der Waals surface area contributed by atoms with Crippen molar-refractivity contribution in [2.24, 2.45) is 5.92 Å². The van der Waals surface area contributed by atoms with Gasteiger partial charge in [-0.05, 0) is 36.5 Å². The van der Waals surface area contributed by atoms with Gasteiger partial charge in [-0.3, -0.25) is 0 Å². The van der Waals surface area contributed by atoms with E-state index in [9.17, 15) is 8.42 Å². The van der Waals surface area contributed by atoms with Crippen LogP contribution in [0.1, 0.15) is 32.3 Å². The fourth-order valence-electron chi connectivity index (χ4n) is 2.45. The quantitative estimate of drug-likeness (QED) is 0.909. The predicted octanol–water partition coefficient (Wildman–Crippen LogP) is 2.71. The van der Waals surface area contributed by atoms with E-state index < -0.39 is 10.0 Å². The maximum Gasteiger partial charge on any atom is 0.242 e. The molecule has 20 heavy (non-hydrogen) atoms. The van der Waals surface area contributed by atoms with Gasteiger partial charge in [-0.15, -0.1) is 0 Å². The van der Waals surface area contributed by atoms with Crippen molar-refractivity contribution in [3.05, 3.63) is 23.8 Å². The van der Waals surface area contributed by atoms with E-state index >= 15 is 0 Å². The van der Waals surface area contributed by atoms with Crippen LogP contribution >= 0.6 is 0 Å². The fraction of sp³-hybridized carbons (Fsp3) is 0.600. The third-order valence-corrected chi connectivity index (χ3v) is 5.81. The van der Waals surface area contributed by atoms with Crippen molar-refractivity contribution in [3.63, 3.8) is 0 Å². The molecule has 1 heterocycles. The molecule has 0 spiro atoms. The van der Waals surface area contributed by atoms with Crippen LogP contribution in [0.15, 0.2) is 23.1 Å². The topological polar surface area (TPSA) is 49.4 Å². The Hall–Kier alpha value is -1.07. The highest BCUT2D eigenvalue weighted by Gasteiger charge is 2.23. The number of hydrogen-bond acceptors (Lipinski definition) is 3. The molecule has 1 unspecified atom stereocenters. The summed E-state index contributed by atoms with van der Waals surface area (Å²) in [5.41, 5.74) is 2.18. The Balaban J connectivity index is 2.25. The first-order valence-corrected chi connectivity index (χ1v) is 8.72. The van der Waals surface area contributed by atoms with Crippen molar-refractivity contribution in [3.8, 4) is 0 Å². The number of nitrogens with one attached hydrogen (secondary N) is 1. The lowest BCUT2D eigenvalue weighted by atomic mass is 10.0. The summed E-state index contributed by atoms with van der Waals surface area (Å²) < 4.78 is 26.6. The molecular formula is C15H24N2O2S. The lowest BCUT2D eigenvalue weighted by Gasteiger charge is -2.23. The summed E-state index contributed by atoms with van der Waals surface area (Å²) in [6, 6.07) is 5.44. The molecule has 1 N–H and O–H groups in total. The molecule has 4 nitrogen and oxygen atoms in total. The van der Waals surface area contributed by atoms with Gasteiger partial charge in [0, 0.05) is 25.8 Å². The molecule has 0 saturated heterocycles. The second-order valence-electron chi connectivity index (χ2n) is 5.65. The van der Waals surface area contributed by atoms with E-state index in [0.717, 1.165) is 31.5 Å². The minimum absolute atomic E-state index is 0.366. The molecule has 1 aromatic carbocycles. The van der Waals surface area contributed by atoms with Gasteiger partial charge < -0.3 is 5.32 Å². The van der Waals surface area contributed by atoms with Crippen LogP contribution in [0.4, 0.5) is 5.69 Å². The number of nitrogens with zero attached hydrogens (tertiary/aromatic N) is 1. The molecule has 1 aliphatic rings. The molecule has 1 aliphatic heterocycles. The number of hydrogen-bond donors (Lipinski definition) is 1. The van der Waals surface area contributed by atoms with Gasteiger partial charge in [-0.2, -0.15) is 0 Å². The minimum atomic E-state index is -3.38. The van der Waals surface area contributed by atoms with Crippen LogP contribution in [0.3, 0.4) is 0 Å². The molecule has 2 rings (SSSR count). The minimum Gasteiger partial charge on any atom is -0.385 e. The molecular weight excluding hydrogens is 272 g/mol. The molecule has 0 saturated carbocycles. The maximum atomic E-state index is 12.6. The van der Waals surface area contributed by atoms with Crippen molar-refractivity contribution in [1.29, 1.82) is 0 Å². The summed E-state index contributed by atoms with van der Waals surface area (Å²) in [6.45, 7) is 5.62. The first-order valence-electron chi connectivity index (χ1n) is 7.28. The summed E-state index contributed by atoms with van der Waals surface area (Å²) in [5.74, 6) is 0.366. The zero-order valence-electron chi connectivity index (χ0n) is 12.5. The van der Waals surface area contributed by atoms with Crippen molar-refractivity contribution in [2.75, 3.05) is 25.5 Å². The largest absolute Gasteiger partial charge is 0.385 e. The number of aryl methyl sites for hydroxylation is 1. The summed E-state index contributed by atoms with van der Waals surface area (Å²) >= 11 is 0. The molecule has 0 amide bonds. The number of sulfonamides is 1. The van der Waals surface area contributed by atoms with E-state index in [4.69, 9.17) is 0 Å². The Morgan fingerprint density at radius 2 is 2.15 bits per heavy atom. The average molecular weight is 296 g/mol. The maximum absolute atomic E-state index is 12.6. The number of fused-ring (bicyclic) bond motifs is 1. The standard InChI is InChI=1S/C15H24N2O2S/c1-4-12(2)11-17(3)20(18,19)14-8-7-13-6-5-9-16-15(13)10-14/h7-8,10,12,16H,4-6,9,11H2,1-3H3. The Kier molecular flexibility index (Phi) is 4.70. The summed E-state index contributed by atoms with van der Waals surface area (Å²) in [6.07, 6.45) is 3.10. The van der Waals surface area contributed by atoms with Crippen molar-refractivity contribution >= 4 is 15.7 Å². The fourth-order valence-corrected chi connectivity index (χ4v) is 3.76. The van der Waals surface area contributed by atoms with Crippen molar-refractivity contribution in [2.45, 2.75) is 38.0 Å². The lowest BCUT2D eigenvalue weighted by molar-refractivity contribution is 0.393. The van der Waals surface area contributed by atoms with Crippen molar-refractivity contribution in [1.82, 2.24) is 4.31 Å². The van der Waals surface area contributed by atoms with Gasteiger partial charge in [0.05, 0.1) is 4.90 Å². The normalized spacial score (nSPS) is 16.6. The SMILES string of the molecule is CCC(C)CN(C)S(=O)(=O)c1ccc2c(c1)NCCC2. The third kappa shape index (κ3) is 3.15. The van der Waals surface area contributed by atoms with Crippen LogP contribution in [0.5, 0.6) is 0 Å². The number of anilines is 1. The van der Waals surface area contributed by atoms with Gasteiger partial charge in [0.15, 0.2) is 0 Å². The van der Waals surface area contributed by atoms with E-state index in [1.165, 1.54) is 9.87 Å². The van der Waals surface area contributed by atoms with E-state index in [0.29, 0.717) is 17.4 Å². The smallest absolute Gasteiger partial charge is 0.242 e. The summed E-state index contributed by atoms with van der Waals surface area (Å²) in [5, 5.41) is 3.28. The zero-order chi connectivity index (χ0) is 14.8. The van der Waals surface area contributed by atoms with Gasteiger partial charge in [-0.25, -0.2) is 12.7 Å². The Morgan fingerprint density at radius 3 is 2.85 bits per heavy atom. The lowest BCUT2D eigenvalue weighted by Crippen LogP contribution is -2.31. The predicted molar refractivity (Wildman–Crippen MR) is 82.5 cm³/mol. The molecule has 0 bridgehead atoms. The van der Waals surface area contributed by atoms with E-state index in [-0.39, 0.29) is 0 Å². The zero-order valence-corrected chi connectivity index (χ0v) is 13.3. The van der Waals surface area contributed by atoms with Crippen LogP contribution in [0, 0.1) is 5.92 Å². The second kappa shape index (κ2) is 6.14. The first-order chi connectivity index (χ1) is 9.45. The van der Waals surface area contributed by atoms with Gasteiger partial charge >= 0.3 is 0 Å². The number of benzene rings is 1. The average Bonchev–Trinajstić information content (AvgIpc) is 2.46. The molecule has 112 valence electrons. The van der Waals surface area contributed by atoms with Crippen LogP contribution in [0.2, 0.25) is 0 Å². The van der Waals surface area contributed by atoms with Gasteiger partial charge in [0.25, 0.3) is 0 Å². The number of rotatable bonds is 5. The second-order valence-corrected chi connectivity index (χ2v) is 7.69. The van der Waals surface area contributed by atoms with Gasteiger partial charge in [-0.1, -0.05) is 26.3 Å². The van der Waals surface area contributed by atoms with E-state index in [1.54, 1.807) is 19.2 Å². The summed E-state index contributed by atoms with van der Waals surface area (Å²) in [4.78, 5) is 0.386. The Labute approximate surface area is 122 Å². The van der Waals surface area contributed by atoms with E-state index in [1.807, 2.05) is 6.07 Å². The monoisotopic (exact) mass is 296 g/mol. The molecule has 0 aliphatic carbocycles. The molecule has 0 aromatic heterocycles. The molecule has 1 atom stereocenters. The van der Waals surface area contributed by atoms with Crippen molar-refractivity contribution < 1.29 is 8.42 Å². The molecule has 0 fully saturated rings. The van der Waals surface area contributed by atoms with Crippen LogP contribution in [0.25, 0.3) is 0 Å². The highest BCUT2D eigenvalue weighted by Crippen LogP contribution is 2.26. The Morgan fingerprint density at radius 1 is 1.40 bits per heavy atom. The van der Waals surface area contributed by atoms with Gasteiger partial charge in [0.2, 0.25) is 10.0 Å². The molecule has 1 aromatic rings. The third-order valence-electron chi connectivity index (χ3n) is 3.99. The van der Waals surface area contributed by atoms with E-state index in [2.05, 4.69) is 19.2 Å². The highest BCUT2D eigenvalue weighted by atomic mass is 32.2. The van der Waals surface area contributed by atoms with Crippen LogP contribution in [-0.2, 0) is 16.4 Å². The molecule has 5 heteroatoms. The Bertz CT molecular complexity index is 569. The van der Waals surface area contributed by atoms with Crippen LogP contribution in [-0.4, -0.2) is 32.9 Å². The molecule has 0 radical (unpaired) electrons. The first kappa shape index (κ1) is 15.3. The summed E-state index contributed by atoms with van der Waals surface area (Å²) in [7, 11) is -1.72. The highest BCUT2D eigenvalue weighted by molar-refractivity contribution is 7.89.